The van der Waals surface area contributed by atoms with Crippen molar-refractivity contribution >= 4 is 23.9 Å². The van der Waals surface area contributed by atoms with Gasteiger partial charge in [0.05, 0.1) is 11.8 Å². The number of carbonyl (C=O) groups is 3. The van der Waals surface area contributed by atoms with Crippen LogP contribution in [-0.4, -0.2) is 60.3 Å². The highest BCUT2D eigenvalue weighted by molar-refractivity contribution is 6.06. The number of ether oxygens (including phenoxy) is 1. The van der Waals surface area contributed by atoms with Crippen LogP contribution in [0.15, 0.2) is 48.5 Å². The Hall–Kier alpha value is -3.35. The van der Waals surface area contributed by atoms with Gasteiger partial charge in [0.2, 0.25) is 6.41 Å². The number of rotatable bonds is 6. The molecule has 3 rings (SSSR count). The maximum atomic E-state index is 12.8. The van der Waals surface area contributed by atoms with Gasteiger partial charge in [0.25, 0.3) is 11.8 Å². The highest BCUT2D eigenvalue weighted by Crippen LogP contribution is 2.25. The molecule has 0 saturated carbocycles. The Bertz CT molecular complexity index is 889. The van der Waals surface area contributed by atoms with Crippen molar-refractivity contribution in [2.75, 3.05) is 31.5 Å². The summed E-state index contributed by atoms with van der Waals surface area (Å²) in [6.07, 6.45) is 0.779. The average molecular weight is 395 g/mol. The second kappa shape index (κ2) is 9.23. The number of nitrogens with one attached hydrogen (secondary N) is 1. The predicted octanol–water partition coefficient (Wildman–Crippen LogP) is 2.64. The van der Waals surface area contributed by atoms with Gasteiger partial charge in [-0.1, -0.05) is 18.2 Å². The lowest BCUT2D eigenvalue weighted by Crippen LogP contribution is -2.48. The third-order valence-electron chi connectivity index (χ3n) is 4.62. The van der Waals surface area contributed by atoms with Gasteiger partial charge in [-0.3, -0.25) is 14.4 Å². The van der Waals surface area contributed by atoms with Crippen LogP contribution in [0.1, 0.15) is 34.6 Å². The van der Waals surface area contributed by atoms with E-state index < -0.39 is 0 Å². The topological polar surface area (TPSA) is 79.0 Å². The lowest BCUT2D eigenvalue weighted by molar-refractivity contribution is -0.119. The third kappa shape index (κ3) is 5.13. The zero-order valence-electron chi connectivity index (χ0n) is 16.6. The first kappa shape index (κ1) is 20.4. The molecule has 3 amide bonds. The quantitative estimate of drug-likeness (QED) is 0.763. The van der Waals surface area contributed by atoms with Gasteiger partial charge in [0.1, 0.15) is 5.75 Å². The second-order valence-corrected chi connectivity index (χ2v) is 7.13. The molecule has 0 atom stereocenters. The maximum Gasteiger partial charge on any atom is 0.255 e. The molecule has 7 nitrogen and oxygen atoms in total. The number of para-hydroxylation sites is 2. The fourth-order valence-corrected chi connectivity index (χ4v) is 3.13. The number of anilines is 1. The molecule has 1 aliphatic rings. The Labute approximate surface area is 170 Å². The molecule has 7 heteroatoms. The van der Waals surface area contributed by atoms with Crippen molar-refractivity contribution in [2.45, 2.75) is 20.0 Å². The smallest absolute Gasteiger partial charge is 0.255 e. The minimum Gasteiger partial charge on any atom is -0.489 e. The Morgan fingerprint density at radius 2 is 1.69 bits per heavy atom. The Morgan fingerprint density at radius 3 is 2.38 bits per heavy atom. The molecule has 0 spiro atoms. The number of hydrogen-bond acceptors (Lipinski definition) is 4. The van der Waals surface area contributed by atoms with E-state index >= 15 is 0 Å². The molecule has 1 saturated heterocycles. The molecular formula is C22H25N3O4. The van der Waals surface area contributed by atoms with Crippen LogP contribution in [0.5, 0.6) is 5.75 Å². The predicted molar refractivity (Wildman–Crippen MR) is 110 cm³/mol. The minimum absolute atomic E-state index is 0.0197. The van der Waals surface area contributed by atoms with E-state index in [0.29, 0.717) is 48.7 Å². The molecule has 0 radical (unpaired) electrons. The molecule has 0 aliphatic carbocycles. The third-order valence-corrected chi connectivity index (χ3v) is 4.62. The monoisotopic (exact) mass is 395 g/mol. The van der Waals surface area contributed by atoms with E-state index in [0.717, 1.165) is 6.41 Å². The molecule has 1 heterocycles. The van der Waals surface area contributed by atoms with Gasteiger partial charge in [0, 0.05) is 37.3 Å². The van der Waals surface area contributed by atoms with Crippen LogP contribution in [0.4, 0.5) is 5.69 Å². The van der Waals surface area contributed by atoms with E-state index in [2.05, 4.69) is 5.32 Å². The molecule has 1 fully saturated rings. The summed E-state index contributed by atoms with van der Waals surface area (Å²) in [5, 5.41) is 2.86. The molecule has 2 aromatic rings. The van der Waals surface area contributed by atoms with Crippen molar-refractivity contribution < 1.29 is 19.1 Å². The van der Waals surface area contributed by atoms with E-state index in [1.807, 2.05) is 26.0 Å². The molecule has 0 aromatic heterocycles. The standard InChI is InChI=1S/C22H25N3O4/c1-16(2)29-20-9-4-3-8-19(20)23-21(27)17-6-5-7-18(14-17)22(28)25-12-10-24(15-26)11-13-25/h3-9,14-16H,10-13H2,1-2H3,(H,23,27). The zero-order chi connectivity index (χ0) is 20.8. The van der Waals surface area contributed by atoms with Crippen LogP contribution >= 0.6 is 0 Å². The molecule has 0 bridgehead atoms. The summed E-state index contributed by atoms with van der Waals surface area (Å²) in [5.41, 5.74) is 1.42. The van der Waals surface area contributed by atoms with Gasteiger partial charge in [0.15, 0.2) is 0 Å². The second-order valence-electron chi connectivity index (χ2n) is 7.13. The lowest BCUT2D eigenvalue weighted by Gasteiger charge is -2.32. The fourth-order valence-electron chi connectivity index (χ4n) is 3.13. The lowest BCUT2D eigenvalue weighted by atomic mass is 10.1. The number of nitrogens with zero attached hydrogens (tertiary/aromatic N) is 2. The van der Waals surface area contributed by atoms with Gasteiger partial charge >= 0.3 is 0 Å². The summed E-state index contributed by atoms with van der Waals surface area (Å²) in [4.78, 5) is 39.7. The highest BCUT2D eigenvalue weighted by Gasteiger charge is 2.22. The van der Waals surface area contributed by atoms with E-state index in [4.69, 9.17) is 4.74 Å². The summed E-state index contributed by atoms with van der Waals surface area (Å²) in [6, 6.07) is 13.9. The summed E-state index contributed by atoms with van der Waals surface area (Å²) < 4.78 is 5.74. The molecule has 29 heavy (non-hydrogen) atoms. The number of hydrogen-bond donors (Lipinski definition) is 1. The van der Waals surface area contributed by atoms with E-state index in [1.54, 1.807) is 46.2 Å². The molecule has 1 N–H and O–H groups in total. The van der Waals surface area contributed by atoms with Gasteiger partial charge in [-0.2, -0.15) is 0 Å². The fraction of sp³-hybridized carbons (Fsp3) is 0.318. The van der Waals surface area contributed by atoms with E-state index in [9.17, 15) is 14.4 Å². The van der Waals surface area contributed by atoms with Crippen LogP contribution in [0.25, 0.3) is 0 Å². The van der Waals surface area contributed by atoms with E-state index in [-0.39, 0.29) is 17.9 Å². The minimum atomic E-state index is -0.315. The normalized spacial score (nSPS) is 13.9. The number of piperazine rings is 1. The largest absolute Gasteiger partial charge is 0.489 e. The van der Waals surface area contributed by atoms with Crippen LogP contribution in [0, 0.1) is 0 Å². The highest BCUT2D eigenvalue weighted by atomic mass is 16.5. The van der Waals surface area contributed by atoms with Crippen LogP contribution in [-0.2, 0) is 4.79 Å². The zero-order valence-corrected chi connectivity index (χ0v) is 16.6. The molecule has 152 valence electrons. The van der Waals surface area contributed by atoms with Crippen molar-refractivity contribution in [3.8, 4) is 5.75 Å². The average Bonchev–Trinajstić information content (AvgIpc) is 2.74. The van der Waals surface area contributed by atoms with Gasteiger partial charge in [-0.25, -0.2) is 0 Å². The van der Waals surface area contributed by atoms with Crippen molar-refractivity contribution in [3.05, 3.63) is 59.7 Å². The summed E-state index contributed by atoms with van der Waals surface area (Å²) in [7, 11) is 0. The summed E-state index contributed by atoms with van der Waals surface area (Å²) in [5.74, 6) is 0.134. The van der Waals surface area contributed by atoms with Crippen LogP contribution in [0.2, 0.25) is 0 Å². The number of benzene rings is 2. The van der Waals surface area contributed by atoms with Crippen molar-refractivity contribution in [2.24, 2.45) is 0 Å². The molecule has 0 unspecified atom stereocenters. The molecule has 1 aliphatic heterocycles. The Balaban J connectivity index is 1.72. The van der Waals surface area contributed by atoms with Crippen LogP contribution < -0.4 is 10.1 Å². The first-order valence-electron chi connectivity index (χ1n) is 9.63. The summed E-state index contributed by atoms with van der Waals surface area (Å²) >= 11 is 0. The maximum absolute atomic E-state index is 12.8. The molecular weight excluding hydrogens is 370 g/mol. The van der Waals surface area contributed by atoms with E-state index in [1.165, 1.54) is 0 Å². The number of carbonyl (C=O) groups excluding carboxylic acids is 3. The van der Waals surface area contributed by atoms with Crippen molar-refractivity contribution in [3.63, 3.8) is 0 Å². The van der Waals surface area contributed by atoms with Gasteiger partial charge < -0.3 is 19.9 Å². The first-order valence-corrected chi connectivity index (χ1v) is 9.63. The van der Waals surface area contributed by atoms with Crippen molar-refractivity contribution in [1.82, 2.24) is 9.80 Å². The van der Waals surface area contributed by atoms with Gasteiger partial charge in [-0.05, 0) is 44.2 Å². The first-order chi connectivity index (χ1) is 14.0. The van der Waals surface area contributed by atoms with Crippen LogP contribution in [0.3, 0.4) is 0 Å². The Kier molecular flexibility index (Phi) is 6.49. The number of amides is 3. The Morgan fingerprint density at radius 1 is 1.00 bits per heavy atom. The van der Waals surface area contributed by atoms with Gasteiger partial charge in [-0.15, -0.1) is 0 Å². The SMILES string of the molecule is CC(C)Oc1ccccc1NC(=O)c1cccc(C(=O)N2CCN(C=O)CC2)c1. The summed E-state index contributed by atoms with van der Waals surface area (Å²) in [6.45, 7) is 5.83. The van der Waals surface area contributed by atoms with Crippen molar-refractivity contribution in [1.29, 1.82) is 0 Å². The molecule has 2 aromatic carbocycles.